The van der Waals surface area contributed by atoms with E-state index in [4.69, 9.17) is 5.73 Å². The van der Waals surface area contributed by atoms with Crippen LogP contribution in [0.1, 0.15) is 19.3 Å². The second kappa shape index (κ2) is 6.84. The topological polar surface area (TPSA) is 195 Å². The van der Waals surface area contributed by atoms with Crippen LogP contribution in [0.2, 0.25) is 0 Å². The fourth-order valence-corrected chi connectivity index (χ4v) is 5.12. The highest BCUT2D eigenvalue weighted by atomic mass is 16.3. The number of nitrogens with two attached hydrogens (primary N) is 1. The van der Waals surface area contributed by atoms with Gasteiger partial charge in [0.15, 0.2) is 11.4 Å². The van der Waals surface area contributed by atoms with E-state index in [0.29, 0.717) is 11.3 Å². The van der Waals surface area contributed by atoms with E-state index in [2.05, 4.69) is 4.79 Å². The van der Waals surface area contributed by atoms with Gasteiger partial charge in [0.1, 0.15) is 17.1 Å². The van der Waals surface area contributed by atoms with Gasteiger partial charge >= 0.3 is 5.71 Å². The van der Waals surface area contributed by atoms with Gasteiger partial charge in [-0.15, -0.1) is 0 Å². The molecule has 0 aliphatic heterocycles. The van der Waals surface area contributed by atoms with E-state index in [9.17, 15) is 40.0 Å². The zero-order valence-corrected chi connectivity index (χ0v) is 17.2. The molecule has 0 heterocycles. The number of fused-ring (bicyclic) bond motifs is 2. The molecule has 0 bridgehead atoms. The smallest absolute Gasteiger partial charge is 0.364 e. The molecule has 11 heteroatoms. The number of carbonyl (C=O) groups is 4. The fraction of sp³-hybridized carbons (Fsp3) is 0.381. The quantitative estimate of drug-likeness (QED) is 0.189. The molecule has 4 rings (SSSR count). The predicted molar refractivity (Wildman–Crippen MR) is 107 cm³/mol. The largest absolute Gasteiger partial charge is 0.508 e. The van der Waals surface area contributed by atoms with E-state index in [1.165, 1.54) is 6.08 Å². The lowest BCUT2D eigenvalue weighted by Gasteiger charge is -2.46. The van der Waals surface area contributed by atoms with Gasteiger partial charge in [-0.05, 0) is 24.3 Å². The Morgan fingerprint density at radius 3 is 2.47 bits per heavy atom. The van der Waals surface area contributed by atoms with E-state index in [-0.39, 0.29) is 29.7 Å². The van der Waals surface area contributed by atoms with Crippen LogP contribution in [0.4, 0.5) is 0 Å². The lowest BCUT2D eigenvalue weighted by atomic mass is 9.58. The first-order valence-corrected chi connectivity index (χ1v) is 9.81. The Balaban J connectivity index is 1.94. The number of allylic oxidation sites excluding steroid dienone is 3. The molecule has 4 aliphatic rings. The summed E-state index contributed by atoms with van der Waals surface area (Å²) in [5.74, 6) is -7.53. The van der Waals surface area contributed by atoms with Gasteiger partial charge in [-0.1, -0.05) is 0 Å². The number of ketones is 3. The van der Waals surface area contributed by atoms with Crippen LogP contribution < -0.4 is 5.73 Å². The molecule has 1 amide bonds. The zero-order valence-electron chi connectivity index (χ0n) is 17.2. The van der Waals surface area contributed by atoms with Crippen LogP contribution in [0.15, 0.2) is 45.6 Å². The first-order valence-electron chi connectivity index (χ1n) is 9.81. The molecule has 0 unspecified atom stereocenters. The molecule has 0 aromatic rings. The van der Waals surface area contributed by atoms with Crippen molar-refractivity contribution < 1.29 is 39.3 Å². The third-order valence-corrected chi connectivity index (χ3v) is 6.59. The molecule has 0 spiro atoms. The molecule has 0 aromatic heterocycles. The number of aliphatic hydroxyl groups excluding tert-OH is 2. The van der Waals surface area contributed by atoms with Crippen molar-refractivity contribution >= 4 is 29.0 Å². The van der Waals surface area contributed by atoms with Crippen molar-refractivity contribution in [3.8, 4) is 0 Å². The second-order valence-electron chi connectivity index (χ2n) is 8.50. The zero-order chi connectivity index (χ0) is 23.7. The average Bonchev–Trinajstić information content (AvgIpc) is 2.70. The summed E-state index contributed by atoms with van der Waals surface area (Å²) in [6.45, 7) is 0. The van der Waals surface area contributed by atoms with Crippen molar-refractivity contribution in [2.24, 2.45) is 17.6 Å². The van der Waals surface area contributed by atoms with Crippen LogP contribution in [0.25, 0.3) is 5.53 Å². The first kappa shape index (κ1) is 21.4. The van der Waals surface area contributed by atoms with E-state index >= 15 is 0 Å². The standard InChI is InChI=1S/C21H20N4O7/c1-25(2)11-6-10(24-23)16(27)14-9(11)4-7-3-8-5-12(26)15(20(22)31)19(30)21(8,32)18(29)13(7)17(14)28/h6-8,28,30,32H,3-5H2,1-2H3,(H2,22,31)/t7-,8+,21+/m1/s1. The van der Waals surface area contributed by atoms with Crippen molar-refractivity contribution in [3.05, 3.63) is 51.1 Å². The van der Waals surface area contributed by atoms with Gasteiger partial charge in [0.05, 0.1) is 11.6 Å². The molecular formula is C21H20N4O7. The number of hydrogen-bond acceptors (Lipinski definition) is 8. The lowest BCUT2D eigenvalue weighted by molar-refractivity contribution is -0.147. The molecule has 1 saturated carbocycles. The minimum absolute atomic E-state index is 0.0239. The van der Waals surface area contributed by atoms with Crippen molar-refractivity contribution in [2.45, 2.75) is 24.9 Å². The van der Waals surface area contributed by atoms with E-state index in [0.717, 1.165) is 0 Å². The maximum Gasteiger partial charge on any atom is 0.364 e. The summed E-state index contributed by atoms with van der Waals surface area (Å²) in [6.07, 6.45) is 1.12. The summed E-state index contributed by atoms with van der Waals surface area (Å²) in [6, 6.07) is 0. The number of carbonyl (C=O) groups excluding carboxylic acids is 4. The molecule has 1 fully saturated rings. The van der Waals surface area contributed by atoms with Crippen LogP contribution in [0, 0.1) is 11.8 Å². The van der Waals surface area contributed by atoms with Gasteiger partial charge in [-0.2, -0.15) is 4.79 Å². The average molecular weight is 440 g/mol. The minimum Gasteiger partial charge on any atom is -0.508 e. The Morgan fingerprint density at radius 2 is 1.91 bits per heavy atom. The molecule has 11 nitrogen and oxygen atoms in total. The van der Waals surface area contributed by atoms with Gasteiger partial charge in [0.25, 0.3) is 11.7 Å². The van der Waals surface area contributed by atoms with Gasteiger partial charge in [-0.3, -0.25) is 19.2 Å². The first-order chi connectivity index (χ1) is 14.9. The highest BCUT2D eigenvalue weighted by Gasteiger charge is 2.61. The van der Waals surface area contributed by atoms with Crippen LogP contribution in [0.5, 0.6) is 0 Å². The van der Waals surface area contributed by atoms with Crippen LogP contribution >= 0.6 is 0 Å². The summed E-state index contributed by atoms with van der Waals surface area (Å²) >= 11 is 0. The van der Waals surface area contributed by atoms with Gasteiger partial charge in [-0.25, -0.2) is 0 Å². The summed E-state index contributed by atoms with van der Waals surface area (Å²) < 4.78 is 0. The Hall–Kier alpha value is -3.82. The summed E-state index contributed by atoms with van der Waals surface area (Å²) in [4.78, 5) is 54.8. The maximum atomic E-state index is 13.4. The molecule has 32 heavy (non-hydrogen) atoms. The number of aliphatic hydroxyl groups is 3. The van der Waals surface area contributed by atoms with Crippen LogP contribution in [-0.4, -0.2) is 73.7 Å². The Bertz CT molecular complexity index is 1210. The van der Waals surface area contributed by atoms with Gasteiger partial charge < -0.3 is 31.5 Å². The van der Waals surface area contributed by atoms with Crippen molar-refractivity contribution in [2.75, 3.05) is 14.1 Å². The molecule has 3 atom stereocenters. The molecule has 0 radical (unpaired) electrons. The number of Topliss-reactive ketones (excluding diaryl/α,β-unsaturated/α-hetero) is 3. The Kier molecular flexibility index (Phi) is 4.58. The molecular weight excluding hydrogens is 420 g/mol. The molecule has 0 aromatic carbocycles. The van der Waals surface area contributed by atoms with Gasteiger partial charge in [0, 0.05) is 37.7 Å². The van der Waals surface area contributed by atoms with Crippen LogP contribution in [0.3, 0.4) is 0 Å². The predicted octanol–water partition coefficient (Wildman–Crippen LogP) is -0.596. The van der Waals surface area contributed by atoms with Crippen molar-refractivity contribution in [1.29, 1.82) is 0 Å². The third-order valence-electron chi connectivity index (χ3n) is 6.59. The number of hydrogen-bond donors (Lipinski definition) is 4. The summed E-state index contributed by atoms with van der Waals surface area (Å²) in [5, 5.41) is 32.7. The SMILES string of the molecule is CN(C)C1=CC(=[N+]=[N-])C(=O)C2=C1C[C@H]1C[C@H]3CC(=O)C(C(N)=O)=C(O)[C@@]3(O)C(=O)C1=C2O. The number of nitrogens with zero attached hydrogens (tertiary/aromatic N) is 3. The van der Waals surface area contributed by atoms with E-state index in [1.54, 1.807) is 19.0 Å². The van der Waals surface area contributed by atoms with E-state index < -0.39 is 64.2 Å². The minimum atomic E-state index is -2.64. The Morgan fingerprint density at radius 1 is 1.25 bits per heavy atom. The number of rotatable bonds is 2. The van der Waals surface area contributed by atoms with E-state index in [1.807, 2.05) is 0 Å². The second-order valence-corrected chi connectivity index (χ2v) is 8.50. The number of primary amides is 1. The summed E-state index contributed by atoms with van der Waals surface area (Å²) in [7, 11) is 3.38. The molecule has 4 aliphatic carbocycles. The fourth-order valence-electron chi connectivity index (χ4n) is 5.12. The molecule has 5 N–H and O–H groups in total. The Labute approximate surface area is 181 Å². The highest BCUT2D eigenvalue weighted by molar-refractivity contribution is 6.50. The normalized spacial score (nSPS) is 29.9. The van der Waals surface area contributed by atoms with Crippen LogP contribution in [-0.2, 0) is 19.2 Å². The number of amides is 1. The van der Waals surface area contributed by atoms with Gasteiger partial charge in [0.2, 0.25) is 5.78 Å². The molecule has 166 valence electrons. The molecule has 0 saturated heterocycles. The van der Waals surface area contributed by atoms with Crippen molar-refractivity contribution in [3.63, 3.8) is 0 Å². The lowest BCUT2D eigenvalue weighted by Crippen LogP contribution is -2.58. The number of likely N-dealkylation sites (N-methyl/N-ethyl adjacent to an activating group) is 1. The van der Waals surface area contributed by atoms with Crippen molar-refractivity contribution in [1.82, 2.24) is 4.90 Å². The summed E-state index contributed by atoms with van der Waals surface area (Å²) in [5.41, 5.74) is 10.9. The monoisotopic (exact) mass is 440 g/mol. The maximum absolute atomic E-state index is 13.4. The third kappa shape index (κ3) is 2.58. The highest BCUT2D eigenvalue weighted by Crippen LogP contribution is 2.52.